The number of methoxy groups -OCH3 is 1. The van der Waals surface area contributed by atoms with Crippen molar-refractivity contribution in [2.75, 3.05) is 13.7 Å². The van der Waals surface area contributed by atoms with Gasteiger partial charge in [-0.1, -0.05) is 51.5 Å². The zero-order valence-corrected chi connectivity index (χ0v) is 18.0. The maximum Gasteiger partial charge on any atom is 0.195 e. The van der Waals surface area contributed by atoms with Gasteiger partial charge in [0.1, 0.15) is 5.76 Å². The molecule has 0 amide bonds. The average Bonchev–Trinajstić information content (AvgIpc) is 2.71. The molecule has 2 unspecified atom stereocenters. The molecule has 158 valence electrons. The minimum atomic E-state index is -0.956. The number of ether oxygens (including phenoxy) is 3. The smallest absolute Gasteiger partial charge is 0.195 e. The SMILES string of the molecule is CCCc1ccc(COC(C)OCC(C)/C(CC)=C(F)/C(F)=C(\C)OC)cc1. The summed E-state index contributed by atoms with van der Waals surface area (Å²) < 4.78 is 44.6. The minimum absolute atomic E-state index is 0.0711. The quantitative estimate of drug-likeness (QED) is 0.225. The van der Waals surface area contributed by atoms with Gasteiger partial charge in [-0.2, -0.15) is 0 Å². The molecule has 0 N–H and O–H groups in total. The molecule has 5 heteroatoms. The Morgan fingerprint density at radius 1 is 0.964 bits per heavy atom. The standard InChI is InChI=1S/C23H34F2O3/c1-7-9-19-10-12-20(13-11-19)15-28-18(5)27-14-16(3)21(8-2)23(25)22(24)17(4)26-6/h10-13,16,18H,7-9,14-15H2,1-6H3/b22-17-,23-21-. The van der Waals surface area contributed by atoms with E-state index in [0.717, 1.165) is 18.4 Å². The Bertz CT molecular complexity index is 650. The molecule has 2 atom stereocenters. The van der Waals surface area contributed by atoms with Gasteiger partial charge in [0.25, 0.3) is 0 Å². The van der Waals surface area contributed by atoms with Gasteiger partial charge in [-0.3, -0.25) is 0 Å². The summed E-state index contributed by atoms with van der Waals surface area (Å²) in [5.74, 6) is -2.17. The van der Waals surface area contributed by atoms with Crippen molar-refractivity contribution in [3.05, 3.63) is 58.4 Å². The van der Waals surface area contributed by atoms with E-state index in [0.29, 0.717) is 18.6 Å². The van der Waals surface area contributed by atoms with Crippen molar-refractivity contribution in [1.29, 1.82) is 0 Å². The predicted molar refractivity (Wildman–Crippen MR) is 109 cm³/mol. The average molecular weight is 397 g/mol. The van der Waals surface area contributed by atoms with Gasteiger partial charge in [0, 0.05) is 5.92 Å². The van der Waals surface area contributed by atoms with Gasteiger partial charge in [-0.25, -0.2) is 8.78 Å². The highest BCUT2D eigenvalue weighted by Crippen LogP contribution is 2.28. The van der Waals surface area contributed by atoms with Crippen LogP contribution in [0.5, 0.6) is 0 Å². The summed E-state index contributed by atoms with van der Waals surface area (Å²) in [5.41, 5.74) is 2.76. The number of hydrogen-bond acceptors (Lipinski definition) is 3. The van der Waals surface area contributed by atoms with Crippen LogP contribution in [0.4, 0.5) is 8.78 Å². The molecule has 1 rings (SSSR count). The third-order valence-corrected chi connectivity index (χ3v) is 4.69. The number of hydrogen-bond donors (Lipinski definition) is 0. The number of benzene rings is 1. The fraction of sp³-hybridized carbons (Fsp3) is 0.565. The Labute approximate surface area is 168 Å². The van der Waals surface area contributed by atoms with Crippen LogP contribution in [-0.4, -0.2) is 20.0 Å². The molecule has 1 aromatic carbocycles. The van der Waals surface area contributed by atoms with Crippen LogP contribution in [0.25, 0.3) is 0 Å². The van der Waals surface area contributed by atoms with Crippen LogP contribution in [0, 0.1) is 5.92 Å². The molecular weight excluding hydrogens is 362 g/mol. The lowest BCUT2D eigenvalue weighted by atomic mass is 9.98. The fourth-order valence-corrected chi connectivity index (χ4v) is 2.84. The molecule has 0 aliphatic rings. The highest BCUT2D eigenvalue weighted by atomic mass is 19.2. The Kier molecular flexibility index (Phi) is 11.0. The van der Waals surface area contributed by atoms with E-state index in [1.54, 1.807) is 13.8 Å². The van der Waals surface area contributed by atoms with E-state index >= 15 is 0 Å². The summed E-state index contributed by atoms with van der Waals surface area (Å²) in [7, 11) is 1.32. The largest absolute Gasteiger partial charge is 0.498 e. The third kappa shape index (κ3) is 7.72. The lowest BCUT2D eigenvalue weighted by Gasteiger charge is -2.20. The molecule has 0 fully saturated rings. The van der Waals surface area contributed by atoms with Gasteiger partial charge in [0.05, 0.1) is 20.3 Å². The first-order valence-electron chi connectivity index (χ1n) is 9.94. The van der Waals surface area contributed by atoms with Crippen molar-refractivity contribution in [2.45, 2.75) is 66.8 Å². The van der Waals surface area contributed by atoms with Crippen LogP contribution in [0.3, 0.4) is 0 Å². The Morgan fingerprint density at radius 2 is 1.57 bits per heavy atom. The second-order valence-corrected chi connectivity index (χ2v) is 6.95. The highest BCUT2D eigenvalue weighted by Gasteiger charge is 2.19. The van der Waals surface area contributed by atoms with Gasteiger partial charge >= 0.3 is 0 Å². The molecule has 0 aliphatic heterocycles. The third-order valence-electron chi connectivity index (χ3n) is 4.69. The topological polar surface area (TPSA) is 27.7 Å². The van der Waals surface area contributed by atoms with Crippen LogP contribution in [0.1, 0.15) is 58.6 Å². The normalized spacial score (nSPS) is 15.6. The van der Waals surface area contributed by atoms with Crippen molar-refractivity contribution in [3.63, 3.8) is 0 Å². The summed E-state index contributed by atoms with van der Waals surface area (Å²) in [6, 6.07) is 8.34. The van der Waals surface area contributed by atoms with Crippen LogP contribution in [0.15, 0.2) is 47.3 Å². The maximum absolute atomic E-state index is 14.4. The van der Waals surface area contributed by atoms with Gasteiger partial charge in [-0.05, 0) is 43.4 Å². The molecule has 0 radical (unpaired) electrons. The Balaban J connectivity index is 2.57. The number of rotatable bonds is 12. The second-order valence-electron chi connectivity index (χ2n) is 6.95. The van der Waals surface area contributed by atoms with E-state index < -0.39 is 17.9 Å². The van der Waals surface area contributed by atoms with Gasteiger partial charge in [-0.15, -0.1) is 0 Å². The van der Waals surface area contributed by atoms with Gasteiger partial charge in [0.2, 0.25) is 0 Å². The summed E-state index contributed by atoms with van der Waals surface area (Å²) in [6.07, 6.45) is 2.14. The van der Waals surface area contributed by atoms with Crippen LogP contribution in [0.2, 0.25) is 0 Å². The molecule has 0 saturated heterocycles. The first-order chi connectivity index (χ1) is 13.3. The molecule has 0 aromatic heterocycles. The van der Waals surface area contributed by atoms with Crippen LogP contribution in [-0.2, 0) is 27.2 Å². The monoisotopic (exact) mass is 396 g/mol. The zero-order chi connectivity index (χ0) is 21.1. The lowest BCUT2D eigenvalue weighted by molar-refractivity contribution is -0.142. The van der Waals surface area contributed by atoms with E-state index in [1.165, 1.54) is 19.6 Å². The lowest BCUT2D eigenvalue weighted by Crippen LogP contribution is -2.18. The maximum atomic E-state index is 14.4. The van der Waals surface area contributed by atoms with Crippen molar-refractivity contribution in [3.8, 4) is 0 Å². The van der Waals surface area contributed by atoms with E-state index in [4.69, 9.17) is 14.2 Å². The van der Waals surface area contributed by atoms with E-state index in [9.17, 15) is 8.78 Å². The van der Waals surface area contributed by atoms with Crippen LogP contribution < -0.4 is 0 Å². The first kappa shape index (κ1) is 24.3. The molecule has 0 heterocycles. The zero-order valence-electron chi connectivity index (χ0n) is 18.0. The first-order valence-corrected chi connectivity index (χ1v) is 9.94. The molecule has 0 bridgehead atoms. The highest BCUT2D eigenvalue weighted by molar-refractivity contribution is 5.28. The van der Waals surface area contributed by atoms with Crippen molar-refractivity contribution >= 4 is 0 Å². The molecule has 0 aliphatic carbocycles. The minimum Gasteiger partial charge on any atom is -0.498 e. The summed E-state index contributed by atoms with van der Waals surface area (Å²) in [5, 5.41) is 0. The van der Waals surface area contributed by atoms with Crippen LogP contribution >= 0.6 is 0 Å². The molecular formula is C23H34F2O3. The number of allylic oxidation sites excluding steroid dienone is 3. The fourth-order valence-electron chi connectivity index (χ4n) is 2.84. The van der Waals surface area contributed by atoms with Crippen molar-refractivity contribution in [1.82, 2.24) is 0 Å². The second kappa shape index (κ2) is 12.7. The van der Waals surface area contributed by atoms with Gasteiger partial charge < -0.3 is 14.2 Å². The number of aryl methyl sites for hydroxylation is 1. The molecule has 3 nitrogen and oxygen atoms in total. The van der Waals surface area contributed by atoms with E-state index in [2.05, 4.69) is 31.2 Å². The van der Waals surface area contributed by atoms with Crippen molar-refractivity contribution in [2.24, 2.45) is 5.92 Å². The summed E-state index contributed by atoms with van der Waals surface area (Å²) in [6.45, 7) is 9.65. The van der Waals surface area contributed by atoms with E-state index in [-0.39, 0.29) is 18.3 Å². The predicted octanol–water partition coefficient (Wildman–Crippen LogP) is 6.64. The molecule has 0 spiro atoms. The summed E-state index contributed by atoms with van der Waals surface area (Å²) in [4.78, 5) is 0. The van der Waals surface area contributed by atoms with Gasteiger partial charge in [0.15, 0.2) is 17.9 Å². The molecule has 28 heavy (non-hydrogen) atoms. The van der Waals surface area contributed by atoms with E-state index in [1.807, 2.05) is 6.92 Å². The Morgan fingerprint density at radius 3 is 2.11 bits per heavy atom. The summed E-state index contributed by atoms with van der Waals surface area (Å²) >= 11 is 0. The Hall–Kier alpha value is -1.72. The number of halogens is 2. The molecule has 1 aromatic rings. The van der Waals surface area contributed by atoms with Crippen molar-refractivity contribution < 1.29 is 23.0 Å². The molecule has 0 saturated carbocycles.